The van der Waals surface area contributed by atoms with Crippen molar-refractivity contribution in [2.45, 2.75) is 13.8 Å². The van der Waals surface area contributed by atoms with E-state index in [1.807, 2.05) is 13.8 Å². The highest BCUT2D eigenvalue weighted by Gasteiger charge is 2.18. The summed E-state index contributed by atoms with van der Waals surface area (Å²) < 4.78 is 0. The summed E-state index contributed by atoms with van der Waals surface area (Å²) in [6.45, 7) is 4.59. The van der Waals surface area contributed by atoms with Crippen LogP contribution >= 0.6 is 22.9 Å². The van der Waals surface area contributed by atoms with Crippen LogP contribution in [-0.4, -0.2) is 23.3 Å². The third-order valence-corrected chi connectivity index (χ3v) is 3.24. The second-order valence-electron chi connectivity index (χ2n) is 3.85. The monoisotopic (exact) mass is 232 g/mol. The number of nitrogens with zero attached hydrogens (tertiary/aromatic N) is 1. The fraction of sp³-hybridized carbons (Fsp3) is 0.556. The van der Waals surface area contributed by atoms with E-state index in [2.05, 4.69) is 10.3 Å². The Morgan fingerprint density at radius 1 is 1.71 bits per heavy atom. The molecule has 1 rings (SSSR count). The Bertz CT molecular complexity index is 298. The summed E-state index contributed by atoms with van der Waals surface area (Å²) in [5.74, 6) is 0.446. The van der Waals surface area contributed by atoms with E-state index in [9.17, 15) is 4.79 Å². The van der Waals surface area contributed by atoms with E-state index in [4.69, 9.17) is 11.6 Å². The predicted molar refractivity (Wildman–Crippen MR) is 58.9 cm³/mol. The van der Waals surface area contributed by atoms with Crippen molar-refractivity contribution in [3.05, 3.63) is 16.6 Å². The molecular formula is C9H13ClN2OS. The van der Waals surface area contributed by atoms with Gasteiger partial charge in [-0.05, 0) is 5.41 Å². The van der Waals surface area contributed by atoms with Gasteiger partial charge in [0.2, 0.25) is 0 Å². The first-order valence-electron chi connectivity index (χ1n) is 4.28. The van der Waals surface area contributed by atoms with Crippen molar-refractivity contribution in [2.24, 2.45) is 5.41 Å². The van der Waals surface area contributed by atoms with Gasteiger partial charge >= 0.3 is 0 Å². The van der Waals surface area contributed by atoms with E-state index in [-0.39, 0.29) is 11.3 Å². The zero-order valence-electron chi connectivity index (χ0n) is 8.21. The molecule has 3 nitrogen and oxygen atoms in total. The largest absolute Gasteiger partial charge is 0.351 e. The number of aromatic nitrogens is 1. The maximum atomic E-state index is 11.5. The highest BCUT2D eigenvalue weighted by molar-refractivity contribution is 7.11. The van der Waals surface area contributed by atoms with Crippen LogP contribution in [0.4, 0.5) is 0 Å². The van der Waals surface area contributed by atoms with Crippen molar-refractivity contribution in [1.29, 1.82) is 0 Å². The molecule has 0 unspecified atom stereocenters. The first-order valence-corrected chi connectivity index (χ1v) is 5.69. The number of alkyl halides is 1. The smallest absolute Gasteiger partial charge is 0.263 e. The van der Waals surface area contributed by atoms with E-state index in [1.54, 1.807) is 11.7 Å². The molecule has 0 saturated heterocycles. The summed E-state index contributed by atoms with van der Waals surface area (Å²) in [4.78, 5) is 16.0. The quantitative estimate of drug-likeness (QED) is 0.809. The molecule has 1 aromatic rings. The molecule has 1 N–H and O–H groups in total. The van der Waals surface area contributed by atoms with Gasteiger partial charge in [-0.3, -0.25) is 9.78 Å². The molecule has 0 atom stereocenters. The van der Waals surface area contributed by atoms with Crippen LogP contribution in [0.5, 0.6) is 0 Å². The summed E-state index contributed by atoms with van der Waals surface area (Å²) >= 11 is 7.07. The lowest BCUT2D eigenvalue weighted by Gasteiger charge is -2.21. The van der Waals surface area contributed by atoms with Gasteiger partial charge < -0.3 is 5.32 Å². The van der Waals surface area contributed by atoms with Crippen molar-refractivity contribution in [3.63, 3.8) is 0 Å². The van der Waals surface area contributed by atoms with Crippen LogP contribution in [0.15, 0.2) is 11.7 Å². The van der Waals surface area contributed by atoms with Crippen molar-refractivity contribution >= 4 is 28.8 Å². The molecule has 5 heteroatoms. The molecule has 0 fully saturated rings. The normalized spacial score (nSPS) is 11.4. The number of nitrogens with one attached hydrogen (secondary N) is 1. The van der Waals surface area contributed by atoms with Crippen LogP contribution in [-0.2, 0) is 0 Å². The molecule has 78 valence electrons. The minimum atomic E-state index is -0.0781. The second kappa shape index (κ2) is 4.75. The van der Waals surface area contributed by atoms with Crippen molar-refractivity contribution in [2.75, 3.05) is 12.4 Å². The minimum absolute atomic E-state index is 0.0676. The van der Waals surface area contributed by atoms with Crippen molar-refractivity contribution in [1.82, 2.24) is 10.3 Å². The fourth-order valence-electron chi connectivity index (χ4n) is 0.782. The Balaban J connectivity index is 2.43. The molecule has 14 heavy (non-hydrogen) atoms. The van der Waals surface area contributed by atoms with E-state index < -0.39 is 0 Å². The Labute approximate surface area is 92.5 Å². The molecule has 1 heterocycles. The number of amides is 1. The lowest BCUT2D eigenvalue weighted by molar-refractivity contribution is 0.0944. The average Bonchev–Trinajstić information content (AvgIpc) is 2.67. The first-order chi connectivity index (χ1) is 6.55. The molecule has 0 aliphatic carbocycles. The van der Waals surface area contributed by atoms with E-state index in [1.165, 1.54) is 11.3 Å². The third kappa shape index (κ3) is 3.27. The topological polar surface area (TPSA) is 42.0 Å². The van der Waals surface area contributed by atoms with Gasteiger partial charge in [0.05, 0.1) is 11.7 Å². The standard InChI is InChI=1S/C9H13ClN2OS/c1-9(2,4-10)5-12-8(13)7-3-11-6-14-7/h3,6H,4-5H2,1-2H3,(H,12,13). The average molecular weight is 233 g/mol. The molecular weight excluding hydrogens is 220 g/mol. The Kier molecular flexibility index (Phi) is 3.89. The van der Waals surface area contributed by atoms with Crippen molar-refractivity contribution < 1.29 is 4.79 Å². The lowest BCUT2D eigenvalue weighted by Crippen LogP contribution is -2.34. The van der Waals surface area contributed by atoms with Gasteiger partial charge in [0.15, 0.2) is 0 Å². The summed E-state index contributed by atoms with van der Waals surface area (Å²) in [5, 5.41) is 2.82. The number of carbonyl (C=O) groups excluding carboxylic acids is 1. The Morgan fingerprint density at radius 2 is 2.43 bits per heavy atom. The molecule has 0 radical (unpaired) electrons. The highest BCUT2D eigenvalue weighted by atomic mass is 35.5. The van der Waals surface area contributed by atoms with Crippen LogP contribution in [0.25, 0.3) is 0 Å². The molecule has 0 saturated carbocycles. The van der Waals surface area contributed by atoms with Gasteiger partial charge in [-0.25, -0.2) is 0 Å². The van der Waals surface area contributed by atoms with E-state index in [0.29, 0.717) is 17.3 Å². The van der Waals surface area contributed by atoms with Crippen LogP contribution < -0.4 is 5.32 Å². The van der Waals surface area contributed by atoms with E-state index >= 15 is 0 Å². The highest BCUT2D eigenvalue weighted by Crippen LogP contribution is 2.15. The Hall–Kier alpha value is -0.610. The van der Waals surface area contributed by atoms with Gasteiger partial charge in [-0.15, -0.1) is 22.9 Å². The number of carbonyl (C=O) groups is 1. The minimum Gasteiger partial charge on any atom is -0.351 e. The number of hydrogen-bond donors (Lipinski definition) is 1. The number of thiazole rings is 1. The molecule has 1 amide bonds. The molecule has 1 aromatic heterocycles. The number of halogens is 1. The number of rotatable bonds is 4. The van der Waals surface area contributed by atoms with Gasteiger partial charge in [-0.2, -0.15) is 0 Å². The summed E-state index contributed by atoms with van der Waals surface area (Å²) in [5.41, 5.74) is 1.57. The molecule has 0 bridgehead atoms. The number of hydrogen-bond acceptors (Lipinski definition) is 3. The summed E-state index contributed by atoms with van der Waals surface area (Å²) in [7, 11) is 0. The summed E-state index contributed by atoms with van der Waals surface area (Å²) in [6, 6.07) is 0. The fourth-order valence-corrected chi connectivity index (χ4v) is 1.41. The van der Waals surface area contributed by atoms with Gasteiger partial charge in [0.25, 0.3) is 5.91 Å². The third-order valence-electron chi connectivity index (χ3n) is 1.75. The van der Waals surface area contributed by atoms with Crippen LogP contribution in [0, 0.1) is 5.41 Å². The van der Waals surface area contributed by atoms with Gasteiger partial charge in [0, 0.05) is 12.4 Å². The van der Waals surface area contributed by atoms with Crippen LogP contribution in [0.1, 0.15) is 23.5 Å². The van der Waals surface area contributed by atoms with Gasteiger partial charge in [0.1, 0.15) is 4.88 Å². The molecule has 0 aliphatic rings. The maximum absolute atomic E-state index is 11.5. The van der Waals surface area contributed by atoms with Gasteiger partial charge in [-0.1, -0.05) is 13.8 Å². The second-order valence-corrected chi connectivity index (χ2v) is 5.00. The SMILES string of the molecule is CC(C)(CCl)CNC(=O)c1cncs1. The first kappa shape index (κ1) is 11.5. The maximum Gasteiger partial charge on any atom is 0.263 e. The molecule has 0 spiro atoms. The Morgan fingerprint density at radius 3 is 2.93 bits per heavy atom. The zero-order chi connectivity index (χ0) is 10.6. The predicted octanol–water partition coefficient (Wildman–Crippen LogP) is 2.14. The summed E-state index contributed by atoms with van der Waals surface area (Å²) in [6.07, 6.45) is 1.56. The van der Waals surface area contributed by atoms with Crippen LogP contribution in [0.3, 0.4) is 0 Å². The van der Waals surface area contributed by atoms with Crippen LogP contribution in [0.2, 0.25) is 0 Å². The molecule has 0 aliphatic heterocycles. The lowest BCUT2D eigenvalue weighted by atomic mass is 9.96. The van der Waals surface area contributed by atoms with Crippen molar-refractivity contribution in [3.8, 4) is 0 Å². The van der Waals surface area contributed by atoms with E-state index in [0.717, 1.165) is 0 Å². The molecule has 0 aromatic carbocycles. The zero-order valence-corrected chi connectivity index (χ0v) is 9.78.